The first kappa shape index (κ1) is 12.8. The van der Waals surface area contributed by atoms with Gasteiger partial charge in [0, 0.05) is 12.5 Å². The number of carboxylic acids is 1. The van der Waals surface area contributed by atoms with Crippen molar-refractivity contribution in [2.75, 3.05) is 0 Å². The Morgan fingerprint density at radius 3 is 2.94 bits per heavy atom. The molecule has 0 aromatic carbocycles. The molecule has 1 atom stereocenters. The number of nitrogens with zero attached hydrogens (tertiary/aromatic N) is 1. The fraction of sp³-hybridized carbons (Fsp3) is 0.364. The van der Waals surface area contributed by atoms with E-state index in [0.29, 0.717) is 12.8 Å². The summed E-state index contributed by atoms with van der Waals surface area (Å²) in [5.41, 5.74) is -0.356. The van der Waals surface area contributed by atoms with E-state index in [1.807, 2.05) is 6.92 Å². The van der Waals surface area contributed by atoms with Gasteiger partial charge in [0.2, 0.25) is 0 Å². The largest absolute Gasteiger partial charge is 0.477 e. The fourth-order valence-corrected chi connectivity index (χ4v) is 1.32. The minimum Gasteiger partial charge on any atom is -0.477 e. The Bertz CT molecular complexity index is 459. The van der Waals surface area contributed by atoms with Crippen LogP contribution < -0.4 is 5.32 Å². The maximum Gasteiger partial charge on any atom is 0.354 e. The first-order chi connectivity index (χ1) is 8.10. The molecule has 1 aromatic rings. The van der Waals surface area contributed by atoms with Gasteiger partial charge < -0.3 is 15.4 Å². The van der Waals surface area contributed by atoms with E-state index in [1.54, 1.807) is 0 Å². The normalized spacial score (nSPS) is 11.5. The molecule has 1 unspecified atom stereocenters. The standard InChI is InChI=1S/C11H13N3O3/c1-3-5-7(4-2)14-10(15)8-9(11(16)17)13-6-12-8/h1,6-7H,4-5H2,2H3,(H,12,13)(H,14,15)(H,16,17). The van der Waals surface area contributed by atoms with E-state index in [2.05, 4.69) is 21.2 Å². The maximum atomic E-state index is 11.7. The third-order valence-electron chi connectivity index (χ3n) is 2.26. The second kappa shape index (κ2) is 5.70. The topological polar surface area (TPSA) is 95.1 Å². The average molecular weight is 235 g/mol. The lowest BCUT2D eigenvalue weighted by atomic mass is 10.1. The van der Waals surface area contributed by atoms with Crippen molar-refractivity contribution >= 4 is 11.9 Å². The number of hydrogen-bond donors (Lipinski definition) is 3. The molecule has 6 heteroatoms. The molecular formula is C11H13N3O3. The Kier molecular flexibility index (Phi) is 4.29. The molecule has 1 rings (SSSR count). The van der Waals surface area contributed by atoms with Gasteiger partial charge in [0.1, 0.15) is 0 Å². The quantitative estimate of drug-likeness (QED) is 0.652. The Labute approximate surface area is 98.4 Å². The number of rotatable bonds is 5. The summed E-state index contributed by atoms with van der Waals surface area (Å²) >= 11 is 0. The van der Waals surface area contributed by atoms with Gasteiger partial charge in [-0.3, -0.25) is 4.79 Å². The van der Waals surface area contributed by atoms with Gasteiger partial charge in [0.25, 0.3) is 5.91 Å². The van der Waals surface area contributed by atoms with Gasteiger partial charge in [0.05, 0.1) is 6.33 Å². The lowest BCUT2D eigenvalue weighted by Crippen LogP contribution is -2.35. The van der Waals surface area contributed by atoms with E-state index < -0.39 is 11.9 Å². The minimum absolute atomic E-state index is 0.132. The third-order valence-corrected chi connectivity index (χ3v) is 2.26. The second-order valence-electron chi connectivity index (χ2n) is 3.42. The highest BCUT2D eigenvalue weighted by molar-refractivity contribution is 6.02. The van der Waals surface area contributed by atoms with Crippen molar-refractivity contribution in [2.45, 2.75) is 25.8 Å². The summed E-state index contributed by atoms with van der Waals surface area (Å²) in [5, 5.41) is 11.5. The molecule has 6 nitrogen and oxygen atoms in total. The highest BCUT2D eigenvalue weighted by Gasteiger charge is 2.21. The smallest absolute Gasteiger partial charge is 0.354 e. The Hall–Kier alpha value is -2.29. The van der Waals surface area contributed by atoms with Crippen LogP contribution in [-0.2, 0) is 0 Å². The SMILES string of the molecule is C#CCC(CC)NC(=O)c1nc[nH]c1C(=O)O. The number of aromatic nitrogens is 2. The zero-order valence-corrected chi connectivity index (χ0v) is 9.36. The molecule has 1 aromatic heterocycles. The zero-order chi connectivity index (χ0) is 12.8. The molecule has 1 amide bonds. The lowest BCUT2D eigenvalue weighted by Gasteiger charge is -2.13. The van der Waals surface area contributed by atoms with E-state index in [9.17, 15) is 9.59 Å². The number of terminal acetylenes is 1. The van der Waals surface area contributed by atoms with Crippen LogP contribution in [0, 0.1) is 12.3 Å². The van der Waals surface area contributed by atoms with Crippen LogP contribution >= 0.6 is 0 Å². The monoisotopic (exact) mass is 235 g/mol. The average Bonchev–Trinajstić information content (AvgIpc) is 2.77. The summed E-state index contributed by atoms with van der Waals surface area (Å²) in [4.78, 5) is 28.6. The molecule has 3 N–H and O–H groups in total. The molecule has 17 heavy (non-hydrogen) atoms. The number of carbonyl (C=O) groups is 2. The molecular weight excluding hydrogens is 222 g/mol. The number of aromatic carboxylic acids is 1. The van der Waals surface area contributed by atoms with Gasteiger partial charge in [-0.25, -0.2) is 9.78 Å². The molecule has 0 aliphatic carbocycles. The number of carboxylic acid groups (broad SMARTS) is 1. The zero-order valence-electron chi connectivity index (χ0n) is 9.36. The van der Waals surface area contributed by atoms with Crippen molar-refractivity contribution in [1.29, 1.82) is 0 Å². The summed E-state index contributed by atoms with van der Waals surface area (Å²) in [6.07, 6.45) is 7.39. The lowest BCUT2D eigenvalue weighted by molar-refractivity contribution is 0.0684. The maximum absolute atomic E-state index is 11.7. The van der Waals surface area contributed by atoms with Crippen molar-refractivity contribution in [1.82, 2.24) is 15.3 Å². The molecule has 0 spiro atoms. The van der Waals surface area contributed by atoms with Gasteiger partial charge in [-0.1, -0.05) is 6.92 Å². The van der Waals surface area contributed by atoms with Crippen molar-refractivity contribution in [3.63, 3.8) is 0 Å². The fourth-order valence-electron chi connectivity index (χ4n) is 1.32. The predicted octanol–water partition coefficient (Wildman–Crippen LogP) is 0.640. The molecule has 0 radical (unpaired) electrons. The van der Waals surface area contributed by atoms with Crippen LogP contribution in [0.1, 0.15) is 40.7 Å². The van der Waals surface area contributed by atoms with E-state index in [4.69, 9.17) is 11.5 Å². The molecule has 0 saturated heterocycles. The van der Waals surface area contributed by atoms with Crippen LogP contribution in [0.15, 0.2) is 6.33 Å². The summed E-state index contributed by atoms with van der Waals surface area (Å²) in [6, 6.07) is -0.175. The van der Waals surface area contributed by atoms with E-state index in [1.165, 1.54) is 6.33 Å². The number of carbonyl (C=O) groups excluding carboxylic acids is 1. The molecule has 90 valence electrons. The van der Waals surface area contributed by atoms with Crippen molar-refractivity contribution in [3.05, 3.63) is 17.7 Å². The van der Waals surface area contributed by atoms with Crippen LogP contribution in [0.4, 0.5) is 0 Å². The minimum atomic E-state index is -1.22. The number of imidazole rings is 1. The summed E-state index contributed by atoms with van der Waals surface area (Å²) in [7, 11) is 0. The third kappa shape index (κ3) is 3.08. The molecule has 1 heterocycles. The van der Waals surface area contributed by atoms with Gasteiger partial charge >= 0.3 is 5.97 Å². The molecule has 0 saturated carbocycles. The summed E-state index contributed by atoms with van der Waals surface area (Å²) in [6.45, 7) is 1.88. The summed E-state index contributed by atoms with van der Waals surface area (Å²) in [5.74, 6) is 0.687. The van der Waals surface area contributed by atoms with Gasteiger partial charge in [-0.15, -0.1) is 12.3 Å². The molecule has 0 aliphatic heterocycles. The first-order valence-electron chi connectivity index (χ1n) is 5.11. The van der Waals surface area contributed by atoms with Crippen molar-refractivity contribution in [3.8, 4) is 12.3 Å². The van der Waals surface area contributed by atoms with Crippen LogP contribution in [0.3, 0.4) is 0 Å². The van der Waals surface area contributed by atoms with Crippen LogP contribution in [0.5, 0.6) is 0 Å². The Morgan fingerprint density at radius 1 is 1.71 bits per heavy atom. The number of aromatic amines is 1. The summed E-state index contributed by atoms with van der Waals surface area (Å²) < 4.78 is 0. The number of amides is 1. The number of nitrogens with one attached hydrogen (secondary N) is 2. The van der Waals surface area contributed by atoms with E-state index in [-0.39, 0.29) is 17.4 Å². The highest BCUT2D eigenvalue weighted by atomic mass is 16.4. The first-order valence-corrected chi connectivity index (χ1v) is 5.11. The van der Waals surface area contributed by atoms with Crippen LogP contribution in [0.2, 0.25) is 0 Å². The van der Waals surface area contributed by atoms with Gasteiger partial charge in [-0.2, -0.15) is 0 Å². The number of H-pyrrole nitrogens is 1. The van der Waals surface area contributed by atoms with Crippen LogP contribution in [-0.4, -0.2) is 33.0 Å². The van der Waals surface area contributed by atoms with Gasteiger partial charge in [-0.05, 0) is 6.42 Å². The number of hydrogen-bond acceptors (Lipinski definition) is 3. The Morgan fingerprint density at radius 2 is 2.41 bits per heavy atom. The van der Waals surface area contributed by atoms with Gasteiger partial charge in [0.15, 0.2) is 11.4 Å². The predicted molar refractivity (Wildman–Crippen MR) is 60.5 cm³/mol. The molecule has 0 aliphatic rings. The van der Waals surface area contributed by atoms with E-state index in [0.717, 1.165) is 0 Å². The Balaban J connectivity index is 2.79. The van der Waals surface area contributed by atoms with Crippen LogP contribution in [0.25, 0.3) is 0 Å². The second-order valence-corrected chi connectivity index (χ2v) is 3.42. The highest BCUT2D eigenvalue weighted by Crippen LogP contribution is 2.05. The van der Waals surface area contributed by atoms with Crippen molar-refractivity contribution < 1.29 is 14.7 Å². The van der Waals surface area contributed by atoms with Crippen molar-refractivity contribution in [2.24, 2.45) is 0 Å². The molecule has 0 fully saturated rings. The van der Waals surface area contributed by atoms with E-state index >= 15 is 0 Å². The molecule has 0 bridgehead atoms.